The molecule has 0 amide bonds. The highest BCUT2D eigenvalue weighted by molar-refractivity contribution is 4.92. The predicted octanol–water partition coefficient (Wildman–Crippen LogP) is 5.74. The molecule has 0 atom stereocenters. The van der Waals surface area contributed by atoms with Crippen LogP contribution in [-0.2, 0) is 4.74 Å². The van der Waals surface area contributed by atoms with Crippen LogP contribution in [-0.4, -0.2) is 13.2 Å². The number of unbranched alkanes of at least 4 members (excludes halogenated alkanes) is 2. The van der Waals surface area contributed by atoms with Crippen molar-refractivity contribution in [3.05, 3.63) is 12.2 Å². The molecule has 0 saturated heterocycles. The first-order valence-electron chi connectivity index (χ1n) is 9.03. The molecule has 2 fully saturated rings. The van der Waals surface area contributed by atoms with Gasteiger partial charge in [-0.15, -0.1) is 0 Å². The van der Waals surface area contributed by atoms with Crippen molar-refractivity contribution >= 4 is 0 Å². The summed E-state index contributed by atoms with van der Waals surface area (Å²) in [7, 11) is 1.88. The second kappa shape index (κ2) is 8.87. The predicted molar refractivity (Wildman–Crippen MR) is 86.9 cm³/mol. The monoisotopic (exact) mass is 278 g/mol. The number of hydrogen-bond acceptors (Lipinski definition) is 1. The van der Waals surface area contributed by atoms with Gasteiger partial charge in [-0.3, -0.25) is 0 Å². The highest BCUT2D eigenvalue weighted by Gasteiger charge is 2.30. The molecule has 0 bridgehead atoms. The average Bonchev–Trinajstić information content (AvgIpc) is 2.52. The van der Waals surface area contributed by atoms with Crippen LogP contribution in [0.2, 0.25) is 0 Å². The molecule has 2 saturated carbocycles. The molecule has 0 heterocycles. The maximum atomic E-state index is 5.50. The van der Waals surface area contributed by atoms with Gasteiger partial charge in [0.2, 0.25) is 0 Å². The molecule has 0 spiro atoms. The van der Waals surface area contributed by atoms with E-state index in [1.54, 1.807) is 0 Å². The van der Waals surface area contributed by atoms with Crippen molar-refractivity contribution < 1.29 is 4.74 Å². The smallest absolute Gasteiger partial charge is 0.0571 e. The minimum absolute atomic E-state index is 0.559. The largest absolute Gasteiger partial charge is 0.381 e. The molecular formula is C19H34O. The fourth-order valence-corrected chi connectivity index (χ4v) is 4.22. The molecule has 0 aliphatic heterocycles. The van der Waals surface area contributed by atoms with E-state index in [0.717, 1.165) is 17.8 Å². The standard InChI is InChI=1S/C19H34O/c1-3-4-5-6-7-16-8-10-17(11-9-16)18-12-14-19(20-2)15-13-18/h6-7,16-19H,3-5,8-15H2,1-2H3/b7-6+. The summed E-state index contributed by atoms with van der Waals surface area (Å²) in [6.07, 6.45) is 20.8. The van der Waals surface area contributed by atoms with Crippen molar-refractivity contribution in [2.45, 2.75) is 83.7 Å². The molecule has 20 heavy (non-hydrogen) atoms. The summed E-state index contributed by atoms with van der Waals surface area (Å²) in [5.74, 6) is 2.91. The van der Waals surface area contributed by atoms with Gasteiger partial charge < -0.3 is 4.74 Å². The van der Waals surface area contributed by atoms with Crippen molar-refractivity contribution in [3.8, 4) is 0 Å². The summed E-state index contributed by atoms with van der Waals surface area (Å²) in [6.45, 7) is 2.28. The summed E-state index contributed by atoms with van der Waals surface area (Å²) in [4.78, 5) is 0. The van der Waals surface area contributed by atoms with Crippen LogP contribution in [0.25, 0.3) is 0 Å². The first-order chi connectivity index (χ1) is 9.83. The van der Waals surface area contributed by atoms with Crippen molar-refractivity contribution in [2.24, 2.45) is 17.8 Å². The Morgan fingerprint density at radius 2 is 1.50 bits per heavy atom. The Morgan fingerprint density at radius 3 is 2.05 bits per heavy atom. The Labute approximate surface area is 126 Å². The van der Waals surface area contributed by atoms with Crippen LogP contribution in [0, 0.1) is 17.8 Å². The minimum Gasteiger partial charge on any atom is -0.381 e. The lowest BCUT2D eigenvalue weighted by Gasteiger charge is -2.37. The Morgan fingerprint density at radius 1 is 0.900 bits per heavy atom. The van der Waals surface area contributed by atoms with Gasteiger partial charge in [-0.2, -0.15) is 0 Å². The molecule has 2 aliphatic carbocycles. The number of allylic oxidation sites excluding steroid dienone is 2. The molecular weight excluding hydrogens is 244 g/mol. The number of ether oxygens (including phenoxy) is 1. The summed E-state index contributed by atoms with van der Waals surface area (Å²) >= 11 is 0. The van der Waals surface area contributed by atoms with Gasteiger partial charge in [0.15, 0.2) is 0 Å². The molecule has 0 aromatic heterocycles. The first kappa shape index (κ1) is 16.1. The highest BCUT2D eigenvalue weighted by Crippen LogP contribution is 2.40. The van der Waals surface area contributed by atoms with Crippen molar-refractivity contribution in [1.29, 1.82) is 0 Å². The van der Waals surface area contributed by atoms with Crippen LogP contribution in [0.4, 0.5) is 0 Å². The molecule has 0 aromatic carbocycles. The summed E-state index contributed by atoms with van der Waals surface area (Å²) < 4.78 is 5.50. The SMILES string of the molecule is CCCC/C=C/C1CCC(C2CCC(OC)CC2)CC1. The lowest BCUT2D eigenvalue weighted by Crippen LogP contribution is -2.27. The van der Waals surface area contributed by atoms with Gasteiger partial charge in [0, 0.05) is 7.11 Å². The van der Waals surface area contributed by atoms with E-state index in [2.05, 4.69) is 19.1 Å². The van der Waals surface area contributed by atoms with E-state index in [9.17, 15) is 0 Å². The number of rotatable bonds is 6. The Kier molecular flexibility index (Phi) is 7.13. The van der Waals surface area contributed by atoms with Crippen molar-refractivity contribution in [2.75, 3.05) is 7.11 Å². The second-order valence-electron chi connectivity index (χ2n) is 7.02. The Hall–Kier alpha value is -0.300. The second-order valence-corrected chi connectivity index (χ2v) is 7.02. The van der Waals surface area contributed by atoms with Gasteiger partial charge in [0.05, 0.1) is 6.10 Å². The topological polar surface area (TPSA) is 9.23 Å². The maximum absolute atomic E-state index is 5.50. The van der Waals surface area contributed by atoms with E-state index in [1.165, 1.54) is 70.6 Å². The fourth-order valence-electron chi connectivity index (χ4n) is 4.22. The average molecular weight is 278 g/mol. The quantitative estimate of drug-likeness (QED) is 0.444. The van der Waals surface area contributed by atoms with E-state index in [0.29, 0.717) is 6.10 Å². The van der Waals surface area contributed by atoms with E-state index < -0.39 is 0 Å². The third-order valence-corrected chi connectivity index (χ3v) is 5.67. The third kappa shape index (κ3) is 4.91. The van der Waals surface area contributed by atoms with E-state index >= 15 is 0 Å². The highest BCUT2D eigenvalue weighted by atomic mass is 16.5. The molecule has 116 valence electrons. The third-order valence-electron chi connectivity index (χ3n) is 5.67. The van der Waals surface area contributed by atoms with E-state index in [1.807, 2.05) is 7.11 Å². The van der Waals surface area contributed by atoms with Crippen LogP contribution >= 0.6 is 0 Å². The molecule has 0 N–H and O–H groups in total. The van der Waals surface area contributed by atoms with Crippen molar-refractivity contribution in [1.82, 2.24) is 0 Å². The van der Waals surface area contributed by atoms with E-state index in [-0.39, 0.29) is 0 Å². The molecule has 0 unspecified atom stereocenters. The molecule has 1 heteroatoms. The Balaban J connectivity index is 1.65. The van der Waals surface area contributed by atoms with Crippen LogP contribution < -0.4 is 0 Å². The minimum atomic E-state index is 0.559. The van der Waals surface area contributed by atoms with Gasteiger partial charge >= 0.3 is 0 Å². The molecule has 0 aromatic rings. The molecule has 1 nitrogen and oxygen atoms in total. The van der Waals surface area contributed by atoms with Crippen LogP contribution in [0.3, 0.4) is 0 Å². The fraction of sp³-hybridized carbons (Fsp3) is 0.895. The van der Waals surface area contributed by atoms with Crippen molar-refractivity contribution in [3.63, 3.8) is 0 Å². The van der Waals surface area contributed by atoms with Gasteiger partial charge in [-0.05, 0) is 75.5 Å². The van der Waals surface area contributed by atoms with Crippen LogP contribution in [0.5, 0.6) is 0 Å². The summed E-state index contributed by atoms with van der Waals surface area (Å²) in [5, 5.41) is 0. The van der Waals surface area contributed by atoms with Gasteiger partial charge in [-0.25, -0.2) is 0 Å². The zero-order valence-electron chi connectivity index (χ0n) is 13.7. The van der Waals surface area contributed by atoms with Crippen LogP contribution in [0.15, 0.2) is 12.2 Å². The van der Waals surface area contributed by atoms with Gasteiger partial charge in [0.25, 0.3) is 0 Å². The summed E-state index contributed by atoms with van der Waals surface area (Å²) in [5.41, 5.74) is 0. The summed E-state index contributed by atoms with van der Waals surface area (Å²) in [6, 6.07) is 0. The Bertz CT molecular complexity index is 267. The zero-order chi connectivity index (χ0) is 14.2. The number of hydrogen-bond donors (Lipinski definition) is 0. The molecule has 0 radical (unpaired) electrons. The van der Waals surface area contributed by atoms with Gasteiger partial charge in [-0.1, -0.05) is 31.9 Å². The van der Waals surface area contributed by atoms with E-state index in [4.69, 9.17) is 4.74 Å². The maximum Gasteiger partial charge on any atom is 0.0571 e. The zero-order valence-corrected chi connectivity index (χ0v) is 13.7. The normalized spacial score (nSPS) is 35.5. The van der Waals surface area contributed by atoms with Gasteiger partial charge in [0.1, 0.15) is 0 Å². The number of methoxy groups -OCH3 is 1. The lowest BCUT2D eigenvalue weighted by atomic mass is 9.70. The van der Waals surface area contributed by atoms with Crippen LogP contribution in [0.1, 0.15) is 77.6 Å². The molecule has 2 rings (SSSR count). The molecule has 2 aliphatic rings. The first-order valence-corrected chi connectivity index (χ1v) is 9.03. The lowest BCUT2D eigenvalue weighted by molar-refractivity contribution is 0.0405.